The summed E-state index contributed by atoms with van der Waals surface area (Å²) in [5.41, 5.74) is 1.66. The van der Waals surface area contributed by atoms with Gasteiger partial charge in [-0.15, -0.1) is 0 Å². The molecule has 1 amide bonds. The van der Waals surface area contributed by atoms with Crippen LogP contribution in [-0.4, -0.2) is 29.0 Å². The smallest absolute Gasteiger partial charge is 0.298 e. The number of hydrogen-bond acceptors (Lipinski definition) is 5. The van der Waals surface area contributed by atoms with Crippen molar-refractivity contribution in [2.24, 2.45) is 5.92 Å². The van der Waals surface area contributed by atoms with Crippen LogP contribution < -0.4 is 10.2 Å². The summed E-state index contributed by atoms with van der Waals surface area (Å²) >= 11 is 0. The molecule has 4 rings (SSSR count). The number of para-hydroxylation sites is 2. The lowest BCUT2D eigenvalue weighted by atomic mass is 9.96. The Hall–Kier alpha value is -2.89. The Labute approximate surface area is 139 Å². The second-order valence-electron chi connectivity index (χ2n) is 5.93. The molecular weight excluding hydrogens is 304 g/mol. The van der Waals surface area contributed by atoms with Gasteiger partial charge in [0.2, 0.25) is 5.91 Å². The summed E-state index contributed by atoms with van der Waals surface area (Å²) in [6, 6.07) is 13.9. The zero-order valence-electron chi connectivity index (χ0n) is 13.2. The van der Waals surface area contributed by atoms with E-state index in [1.165, 1.54) is 0 Å². The number of nitrogens with zero attached hydrogens (tertiary/aromatic N) is 3. The summed E-state index contributed by atoms with van der Waals surface area (Å²) in [6.07, 6.45) is 3.22. The molecule has 1 aromatic carbocycles. The van der Waals surface area contributed by atoms with Gasteiger partial charge in [-0.1, -0.05) is 18.2 Å². The van der Waals surface area contributed by atoms with Crippen LogP contribution in [0.15, 0.2) is 53.1 Å². The minimum Gasteiger partial charge on any atom is -0.423 e. The van der Waals surface area contributed by atoms with Crippen LogP contribution in [0.5, 0.6) is 0 Å². The van der Waals surface area contributed by atoms with Gasteiger partial charge in [0.15, 0.2) is 5.58 Å². The number of piperidine rings is 1. The van der Waals surface area contributed by atoms with Gasteiger partial charge < -0.3 is 14.6 Å². The quantitative estimate of drug-likeness (QED) is 0.802. The number of carbonyl (C=O) groups is 1. The summed E-state index contributed by atoms with van der Waals surface area (Å²) in [5, 5.41) is 2.88. The van der Waals surface area contributed by atoms with E-state index in [2.05, 4.69) is 20.2 Å². The fourth-order valence-corrected chi connectivity index (χ4v) is 2.99. The van der Waals surface area contributed by atoms with Crippen molar-refractivity contribution in [2.45, 2.75) is 12.8 Å². The molecule has 1 fully saturated rings. The molecule has 0 radical (unpaired) electrons. The number of pyridine rings is 1. The van der Waals surface area contributed by atoms with E-state index in [9.17, 15) is 4.79 Å². The van der Waals surface area contributed by atoms with Crippen LogP contribution in [0.25, 0.3) is 11.1 Å². The molecule has 0 spiro atoms. The molecule has 122 valence electrons. The highest BCUT2D eigenvalue weighted by Crippen LogP contribution is 2.26. The molecule has 6 heteroatoms. The predicted octanol–water partition coefficient (Wildman–Crippen LogP) is 3.08. The standard InChI is InChI=1S/C18H18N4O2/c23-17(21-16-7-3-4-10-19-16)13-8-11-22(12-9-13)18-20-14-5-1-2-6-15(14)24-18/h1-7,10,13H,8-9,11-12H2,(H,19,21,23). The molecule has 2 aromatic heterocycles. The molecule has 6 nitrogen and oxygen atoms in total. The van der Waals surface area contributed by atoms with Crippen LogP contribution in [0.1, 0.15) is 12.8 Å². The van der Waals surface area contributed by atoms with E-state index in [0.717, 1.165) is 37.0 Å². The summed E-state index contributed by atoms with van der Waals surface area (Å²) in [4.78, 5) is 23.1. The van der Waals surface area contributed by atoms with E-state index in [4.69, 9.17) is 4.42 Å². The topological polar surface area (TPSA) is 71.3 Å². The number of nitrogens with one attached hydrogen (secondary N) is 1. The molecule has 1 N–H and O–H groups in total. The van der Waals surface area contributed by atoms with E-state index >= 15 is 0 Å². The normalized spacial score (nSPS) is 15.6. The zero-order chi connectivity index (χ0) is 16.4. The summed E-state index contributed by atoms with van der Waals surface area (Å²) in [6.45, 7) is 1.51. The molecule has 1 aliphatic heterocycles. The molecule has 0 saturated carbocycles. The van der Waals surface area contributed by atoms with Crippen molar-refractivity contribution in [3.05, 3.63) is 48.7 Å². The summed E-state index contributed by atoms with van der Waals surface area (Å²) in [7, 11) is 0. The lowest BCUT2D eigenvalue weighted by molar-refractivity contribution is -0.120. The lowest BCUT2D eigenvalue weighted by Gasteiger charge is -2.29. The fraction of sp³-hybridized carbons (Fsp3) is 0.278. The average molecular weight is 322 g/mol. The second kappa shape index (κ2) is 6.31. The van der Waals surface area contributed by atoms with Crippen molar-refractivity contribution in [3.63, 3.8) is 0 Å². The first-order valence-corrected chi connectivity index (χ1v) is 8.12. The van der Waals surface area contributed by atoms with Crippen molar-refractivity contribution >= 4 is 28.8 Å². The van der Waals surface area contributed by atoms with Crippen molar-refractivity contribution in [1.82, 2.24) is 9.97 Å². The maximum absolute atomic E-state index is 12.3. The van der Waals surface area contributed by atoms with Crippen LogP contribution in [0.2, 0.25) is 0 Å². The first-order valence-electron chi connectivity index (χ1n) is 8.12. The highest BCUT2D eigenvalue weighted by Gasteiger charge is 2.27. The molecule has 3 aromatic rings. The van der Waals surface area contributed by atoms with Crippen LogP contribution in [0.4, 0.5) is 11.8 Å². The maximum Gasteiger partial charge on any atom is 0.298 e. The van der Waals surface area contributed by atoms with Gasteiger partial charge in [-0.2, -0.15) is 4.98 Å². The first kappa shape index (κ1) is 14.7. The van der Waals surface area contributed by atoms with E-state index in [1.807, 2.05) is 36.4 Å². The van der Waals surface area contributed by atoms with Crippen molar-refractivity contribution in [2.75, 3.05) is 23.3 Å². The van der Waals surface area contributed by atoms with E-state index in [0.29, 0.717) is 11.8 Å². The number of fused-ring (bicyclic) bond motifs is 1. The van der Waals surface area contributed by atoms with Gasteiger partial charge in [0.05, 0.1) is 0 Å². The van der Waals surface area contributed by atoms with E-state index < -0.39 is 0 Å². The summed E-state index contributed by atoms with van der Waals surface area (Å²) < 4.78 is 5.80. The van der Waals surface area contributed by atoms with Crippen LogP contribution >= 0.6 is 0 Å². The Morgan fingerprint density at radius 3 is 2.67 bits per heavy atom. The fourth-order valence-electron chi connectivity index (χ4n) is 2.99. The lowest BCUT2D eigenvalue weighted by Crippen LogP contribution is -2.38. The van der Waals surface area contributed by atoms with Gasteiger partial charge in [-0.3, -0.25) is 4.79 Å². The number of carbonyl (C=O) groups excluding carboxylic acids is 1. The average Bonchev–Trinajstić information content (AvgIpc) is 3.07. The number of amides is 1. The molecule has 3 heterocycles. The first-order chi connectivity index (χ1) is 11.8. The van der Waals surface area contributed by atoms with Crippen LogP contribution in [0.3, 0.4) is 0 Å². The Kier molecular flexibility index (Phi) is 3.86. The molecule has 0 unspecified atom stereocenters. The van der Waals surface area contributed by atoms with Gasteiger partial charge in [0.25, 0.3) is 6.01 Å². The van der Waals surface area contributed by atoms with Gasteiger partial charge in [-0.25, -0.2) is 4.98 Å². The number of rotatable bonds is 3. The number of oxazole rings is 1. The number of hydrogen-bond donors (Lipinski definition) is 1. The monoisotopic (exact) mass is 322 g/mol. The second-order valence-corrected chi connectivity index (χ2v) is 5.93. The SMILES string of the molecule is O=C(Nc1ccccn1)C1CCN(c2nc3ccccc3o2)CC1. The minimum absolute atomic E-state index is 0.00682. The van der Waals surface area contributed by atoms with Gasteiger partial charge in [-0.05, 0) is 37.1 Å². The number of aromatic nitrogens is 2. The van der Waals surface area contributed by atoms with Gasteiger partial charge in [0.1, 0.15) is 11.3 Å². The van der Waals surface area contributed by atoms with Crippen LogP contribution in [0, 0.1) is 5.92 Å². The summed E-state index contributed by atoms with van der Waals surface area (Å²) in [5.74, 6) is 0.627. The van der Waals surface area contributed by atoms with Crippen molar-refractivity contribution < 1.29 is 9.21 Å². The Bertz CT molecular complexity index is 805. The van der Waals surface area contributed by atoms with Crippen molar-refractivity contribution in [1.29, 1.82) is 0 Å². The number of benzene rings is 1. The molecule has 24 heavy (non-hydrogen) atoms. The molecule has 1 saturated heterocycles. The highest BCUT2D eigenvalue weighted by molar-refractivity contribution is 5.91. The minimum atomic E-state index is -0.00682. The predicted molar refractivity (Wildman–Crippen MR) is 91.8 cm³/mol. The van der Waals surface area contributed by atoms with Gasteiger partial charge in [0, 0.05) is 25.2 Å². The molecule has 0 atom stereocenters. The Morgan fingerprint density at radius 1 is 1.12 bits per heavy atom. The maximum atomic E-state index is 12.3. The Morgan fingerprint density at radius 2 is 1.92 bits per heavy atom. The van der Waals surface area contributed by atoms with Crippen molar-refractivity contribution in [3.8, 4) is 0 Å². The third-order valence-corrected chi connectivity index (χ3v) is 4.34. The van der Waals surface area contributed by atoms with Crippen LogP contribution in [-0.2, 0) is 4.79 Å². The molecule has 1 aliphatic rings. The third kappa shape index (κ3) is 2.95. The molecule has 0 bridgehead atoms. The highest BCUT2D eigenvalue weighted by atomic mass is 16.4. The third-order valence-electron chi connectivity index (χ3n) is 4.34. The van der Waals surface area contributed by atoms with Gasteiger partial charge >= 0.3 is 0 Å². The Balaban J connectivity index is 1.38. The largest absolute Gasteiger partial charge is 0.423 e. The van der Waals surface area contributed by atoms with E-state index in [1.54, 1.807) is 12.3 Å². The molecular formula is C18H18N4O2. The van der Waals surface area contributed by atoms with E-state index in [-0.39, 0.29) is 11.8 Å². The number of anilines is 2. The zero-order valence-corrected chi connectivity index (χ0v) is 13.2. The molecule has 0 aliphatic carbocycles.